The summed E-state index contributed by atoms with van der Waals surface area (Å²) in [5.74, 6) is 1.49. The first kappa shape index (κ1) is 22.2. The number of aryl methyl sites for hydroxylation is 3. The molecule has 0 aliphatic carbocycles. The molecule has 0 radical (unpaired) electrons. The van der Waals surface area contributed by atoms with Gasteiger partial charge in [0.05, 0.1) is 29.2 Å². The summed E-state index contributed by atoms with van der Waals surface area (Å²) in [6.45, 7) is 5.92. The topological polar surface area (TPSA) is 101 Å². The highest BCUT2D eigenvalue weighted by Gasteiger charge is 2.26. The second kappa shape index (κ2) is 9.23. The monoisotopic (exact) mass is 446 g/mol. The summed E-state index contributed by atoms with van der Waals surface area (Å²) in [5.41, 5.74) is 3.61. The molecule has 0 aliphatic heterocycles. The molecule has 1 amide bonds. The molecule has 0 N–H and O–H groups in total. The van der Waals surface area contributed by atoms with E-state index in [0.717, 1.165) is 11.3 Å². The van der Waals surface area contributed by atoms with Gasteiger partial charge >= 0.3 is 0 Å². The van der Waals surface area contributed by atoms with Gasteiger partial charge in [0.25, 0.3) is 5.91 Å². The smallest absolute Gasteiger partial charge is 0.292 e. The largest absolute Gasteiger partial charge is 0.436 e. The summed E-state index contributed by atoms with van der Waals surface area (Å²) in [7, 11) is 3.73. The van der Waals surface area contributed by atoms with Gasteiger partial charge in [-0.3, -0.25) is 4.79 Å². The quantitative estimate of drug-likeness (QED) is 0.421. The van der Waals surface area contributed by atoms with Gasteiger partial charge in [0.2, 0.25) is 11.7 Å². The standard InChI is InChI=1S/C24H26N6O3/c1-15-11-21(33-28-15)19-12-25-24(29(4)5)27-20(19)14-30(13-18-9-7-6-8-10-18)23(31)22-16(2)26-17(3)32-22/h6-12H,13-14H2,1-5H3. The summed E-state index contributed by atoms with van der Waals surface area (Å²) in [6, 6.07) is 11.6. The summed E-state index contributed by atoms with van der Waals surface area (Å²) in [4.78, 5) is 30.5. The summed E-state index contributed by atoms with van der Waals surface area (Å²) >= 11 is 0. The molecule has 3 aromatic heterocycles. The molecular weight excluding hydrogens is 420 g/mol. The Morgan fingerprint density at radius 1 is 1.03 bits per heavy atom. The van der Waals surface area contributed by atoms with Gasteiger partial charge in [0.1, 0.15) is 0 Å². The molecule has 0 saturated heterocycles. The Hall–Kier alpha value is -4.01. The highest BCUT2D eigenvalue weighted by Crippen LogP contribution is 2.27. The Labute approximate surface area is 192 Å². The van der Waals surface area contributed by atoms with E-state index < -0.39 is 0 Å². The SMILES string of the molecule is Cc1cc(-c2cnc(N(C)C)nc2CN(Cc2ccccc2)C(=O)c2oc(C)nc2C)on1. The molecule has 0 fully saturated rings. The van der Waals surface area contributed by atoms with Gasteiger partial charge in [-0.2, -0.15) is 0 Å². The van der Waals surface area contributed by atoms with Crippen molar-refractivity contribution in [3.05, 3.63) is 76.9 Å². The van der Waals surface area contributed by atoms with Crippen LogP contribution in [0.25, 0.3) is 11.3 Å². The molecule has 9 nitrogen and oxygen atoms in total. The highest BCUT2D eigenvalue weighted by molar-refractivity contribution is 5.92. The molecule has 33 heavy (non-hydrogen) atoms. The van der Waals surface area contributed by atoms with Crippen LogP contribution in [0.15, 0.2) is 51.5 Å². The number of nitrogens with zero attached hydrogens (tertiary/aromatic N) is 6. The van der Waals surface area contributed by atoms with E-state index in [4.69, 9.17) is 13.9 Å². The van der Waals surface area contributed by atoms with Gasteiger partial charge in [-0.15, -0.1) is 0 Å². The second-order valence-electron chi connectivity index (χ2n) is 8.05. The molecule has 3 heterocycles. The van der Waals surface area contributed by atoms with E-state index in [1.165, 1.54) is 0 Å². The third-order valence-corrected chi connectivity index (χ3v) is 5.09. The maximum atomic E-state index is 13.6. The van der Waals surface area contributed by atoms with Crippen LogP contribution < -0.4 is 4.90 Å². The van der Waals surface area contributed by atoms with E-state index in [9.17, 15) is 4.79 Å². The Balaban J connectivity index is 1.77. The van der Waals surface area contributed by atoms with Crippen LogP contribution in [0.5, 0.6) is 0 Å². The molecule has 4 rings (SSSR count). The predicted molar refractivity (Wildman–Crippen MR) is 123 cm³/mol. The average Bonchev–Trinajstić information content (AvgIpc) is 3.37. The molecule has 4 aromatic rings. The Morgan fingerprint density at radius 3 is 2.39 bits per heavy atom. The van der Waals surface area contributed by atoms with Crippen molar-refractivity contribution in [1.82, 2.24) is 25.0 Å². The van der Waals surface area contributed by atoms with Crippen LogP contribution in [0.3, 0.4) is 0 Å². The summed E-state index contributed by atoms with van der Waals surface area (Å²) in [5, 5.41) is 3.99. The lowest BCUT2D eigenvalue weighted by Gasteiger charge is -2.23. The Kier molecular flexibility index (Phi) is 6.21. The third kappa shape index (κ3) is 4.92. The summed E-state index contributed by atoms with van der Waals surface area (Å²) < 4.78 is 11.1. The molecular formula is C24H26N6O3. The fourth-order valence-electron chi connectivity index (χ4n) is 3.50. The molecule has 0 unspecified atom stereocenters. The molecule has 9 heteroatoms. The molecule has 0 bridgehead atoms. The number of hydrogen-bond acceptors (Lipinski definition) is 8. The molecule has 0 spiro atoms. The van der Waals surface area contributed by atoms with E-state index in [2.05, 4.69) is 15.1 Å². The van der Waals surface area contributed by atoms with Gasteiger partial charge in [0, 0.05) is 39.8 Å². The number of oxazole rings is 1. The zero-order valence-electron chi connectivity index (χ0n) is 19.4. The van der Waals surface area contributed by atoms with Crippen LogP contribution in [0.1, 0.15) is 39.1 Å². The van der Waals surface area contributed by atoms with E-state index in [1.807, 2.05) is 62.3 Å². The number of amides is 1. The van der Waals surface area contributed by atoms with Gasteiger partial charge in [-0.05, 0) is 19.4 Å². The molecule has 0 atom stereocenters. The first-order chi connectivity index (χ1) is 15.8. The number of benzene rings is 1. The third-order valence-electron chi connectivity index (χ3n) is 5.09. The van der Waals surface area contributed by atoms with Crippen LogP contribution >= 0.6 is 0 Å². The van der Waals surface area contributed by atoms with Crippen molar-refractivity contribution in [2.75, 3.05) is 19.0 Å². The molecule has 0 aliphatic rings. The van der Waals surface area contributed by atoms with E-state index >= 15 is 0 Å². The fraction of sp³-hybridized carbons (Fsp3) is 0.292. The fourth-order valence-corrected chi connectivity index (χ4v) is 3.50. The first-order valence-electron chi connectivity index (χ1n) is 10.6. The highest BCUT2D eigenvalue weighted by atomic mass is 16.5. The number of anilines is 1. The molecule has 170 valence electrons. The maximum absolute atomic E-state index is 13.6. The van der Waals surface area contributed by atoms with Gasteiger partial charge in [-0.25, -0.2) is 15.0 Å². The minimum atomic E-state index is -0.262. The van der Waals surface area contributed by atoms with Gasteiger partial charge in [0.15, 0.2) is 11.7 Å². The van der Waals surface area contributed by atoms with Crippen LogP contribution in [-0.4, -0.2) is 45.0 Å². The lowest BCUT2D eigenvalue weighted by atomic mass is 10.1. The lowest BCUT2D eigenvalue weighted by Crippen LogP contribution is -2.31. The van der Waals surface area contributed by atoms with Crippen molar-refractivity contribution in [2.45, 2.75) is 33.9 Å². The lowest BCUT2D eigenvalue weighted by molar-refractivity contribution is 0.0693. The van der Waals surface area contributed by atoms with Crippen LogP contribution in [0.2, 0.25) is 0 Å². The van der Waals surface area contributed by atoms with Crippen molar-refractivity contribution < 1.29 is 13.7 Å². The minimum absolute atomic E-state index is 0.214. The van der Waals surface area contributed by atoms with Crippen molar-refractivity contribution >= 4 is 11.9 Å². The number of carbonyl (C=O) groups is 1. The Bertz CT molecular complexity index is 1260. The normalized spacial score (nSPS) is 10.9. The predicted octanol–water partition coefficient (Wildman–Crippen LogP) is 3.95. The van der Waals surface area contributed by atoms with E-state index in [0.29, 0.717) is 41.1 Å². The van der Waals surface area contributed by atoms with Gasteiger partial charge in [-0.1, -0.05) is 35.5 Å². The minimum Gasteiger partial charge on any atom is -0.436 e. The van der Waals surface area contributed by atoms with Crippen LogP contribution in [-0.2, 0) is 13.1 Å². The van der Waals surface area contributed by atoms with E-state index in [-0.39, 0.29) is 18.2 Å². The van der Waals surface area contributed by atoms with Crippen molar-refractivity contribution in [3.8, 4) is 11.3 Å². The van der Waals surface area contributed by atoms with E-state index in [1.54, 1.807) is 24.9 Å². The molecule has 0 saturated carbocycles. The van der Waals surface area contributed by atoms with Crippen molar-refractivity contribution in [1.29, 1.82) is 0 Å². The number of rotatable bonds is 7. The Morgan fingerprint density at radius 2 is 1.79 bits per heavy atom. The number of carbonyl (C=O) groups excluding carboxylic acids is 1. The maximum Gasteiger partial charge on any atom is 0.292 e. The van der Waals surface area contributed by atoms with Crippen LogP contribution in [0.4, 0.5) is 5.95 Å². The first-order valence-corrected chi connectivity index (χ1v) is 10.6. The molecule has 1 aromatic carbocycles. The van der Waals surface area contributed by atoms with Crippen LogP contribution in [0, 0.1) is 20.8 Å². The number of hydrogen-bond donors (Lipinski definition) is 0. The zero-order chi connectivity index (χ0) is 23.5. The van der Waals surface area contributed by atoms with Crippen molar-refractivity contribution in [3.63, 3.8) is 0 Å². The summed E-state index contributed by atoms with van der Waals surface area (Å²) in [6.07, 6.45) is 1.70. The average molecular weight is 447 g/mol. The van der Waals surface area contributed by atoms with Gasteiger partial charge < -0.3 is 18.7 Å². The zero-order valence-corrected chi connectivity index (χ0v) is 19.4. The number of aromatic nitrogens is 4. The second-order valence-corrected chi connectivity index (χ2v) is 8.05. The van der Waals surface area contributed by atoms with Crippen molar-refractivity contribution in [2.24, 2.45) is 0 Å².